The number of H-pyrrole nitrogens is 1. The highest BCUT2D eigenvalue weighted by Crippen LogP contribution is 2.46. The van der Waals surface area contributed by atoms with Gasteiger partial charge in [0.1, 0.15) is 9.23 Å². The van der Waals surface area contributed by atoms with E-state index in [4.69, 9.17) is 16.7 Å². The Balaban J connectivity index is 1.60. The zero-order valence-electron chi connectivity index (χ0n) is 13.6. The average Bonchev–Trinajstić information content (AvgIpc) is 3.01. The van der Waals surface area contributed by atoms with Crippen LogP contribution in [0.1, 0.15) is 25.0 Å². The van der Waals surface area contributed by atoms with Crippen molar-refractivity contribution < 1.29 is 8.42 Å². The maximum Gasteiger partial charge on any atom is 0.247 e. The molecule has 11 heteroatoms. The van der Waals surface area contributed by atoms with Crippen molar-refractivity contribution >= 4 is 44.6 Å². The number of rotatable bonds is 5. The van der Waals surface area contributed by atoms with Crippen LogP contribution in [0.15, 0.2) is 28.6 Å². The molecule has 3 aromatic heterocycles. The third-order valence-corrected chi connectivity index (χ3v) is 6.98. The van der Waals surface area contributed by atoms with Crippen molar-refractivity contribution in [2.45, 2.75) is 23.5 Å². The van der Waals surface area contributed by atoms with Gasteiger partial charge in [-0.05, 0) is 24.5 Å². The van der Waals surface area contributed by atoms with Gasteiger partial charge >= 0.3 is 0 Å². The fourth-order valence-electron chi connectivity index (χ4n) is 2.63. The molecule has 0 spiro atoms. The van der Waals surface area contributed by atoms with E-state index in [1.54, 1.807) is 6.07 Å². The van der Waals surface area contributed by atoms with Crippen molar-refractivity contribution in [3.05, 3.63) is 35.1 Å². The summed E-state index contributed by atoms with van der Waals surface area (Å²) >= 11 is 7.18. The highest BCUT2D eigenvalue weighted by molar-refractivity contribution is 7.91. The first kappa shape index (κ1) is 17.4. The van der Waals surface area contributed by atoms with Crippen LogP contribution in [0.25, 0.3) is 10.7 Å². The van der Waals surface area contributed by atoms with Crippen LogP contribution in [-0.2, 0) is 10.0 Å². The van der Waals surface area contributed by atoms with E-state index in [1.807, 2.05) is 6.07 Å². The van der Waals surface area contributed by atoms with Crippen LogP contribution < -0.4 is 10.5 Å². The molecule has 4 rings (SSSR count). The summed E-state index contributed by atoms with van der Waals surface area (Å²) in [5, 5.41) is 15.8. The highest BCUT2D eigenvalue weighted by Gasteiger charge is 2.35. The molecule has 2 atom stereocenters. The largest absolute Gasteiger partial charge is 0.322 e. The zero-order valence-corrected chi connectivity index (χ0v) is 16.0. The quantitative estimate of drug-likeness (QED) is 0.593. The van der Waals surface area contributed by atoms with Gasteiger partial charge in [0.2, 0.25) is 10.0 Å². The van der Waals surface area contributed by atoms with Gasteiger partial charge in [-0.1, -0.05) is 18.5 Å². The molecule has 26 heavy (non-hydrogen) atoms. The molecule has 0 amide bonds. The molecule has 8 nitrogen and oxygen atoms in total. The number of nitrogens with two attached hydrogens (primary N) is 1. The first-order valence-corrected chi connectivity index (χ1v) is 10.5. The summed E-state index contributed by atoms with van der Waals surface area (Å²) in [5.41, 5.74) is 1.08. The minimum atomic E-state index is -3.75. The number of hydrogen-bond donors (Lipinski definition) is 3. The molecule has 0 aromatic carbocycles. The second-order valence-electron chi connectivity index (χ2n) is 6.21. The Bertz CT molecular complexity index is 1080. The fourth-order valence-corrected chi connectivity index (χ4v) is 4.44. The molecule has 4 N–H and O–H groups in total. The molecule has 3 aromatic rings. The molecule has 1 saturated carbocycles. The molecule has 136 valence electrons. The van der Waals surface area contributed by atoms with Gasteiger partial charge in [-0.2, -0.15) is 5.10 Å². The van der Waals surface area contributed by atoms with Crippen molar-refractivity contribution in [2.24, 2.45) is 11.1 Å². The lowest BCUT2D eigenvalue weighted by molar-refractivity contribution is 0.600. The van der Waals surface area contributed by atoms with E-state index >= 15 is 0 Å². The Kier molecular flexibility index (Phi) is 4.22. The third-order valence-electron chi connectivity index (χ3n) is 4.18. The van der Waals surface area contributed by atoms with E-state index in [0.717, 1.165) is 23.5 Å². The molecule has 0 bridgehead atoms. The normalized spacial score (nSPS) is 19.5. The van der Waals surface area contributed by atoms with E-state index in [-0.39, 0.29) is 4.21 Å². The Hall–Kier alpha value is -2.01. The van der Waals surface area contributed by atoms with Crippen LogP contribution in [0.4, 0.5) is 11.6 Å². The van der Waals surface area contributed by atoms with Crippen molar-refractivity contribution in [3.63, 3.8) is 0 Å². The molecular weight excluding hydrogens is 396 g/mol. The van der Waals surface area contributed by atoms with E-state index in [2.05, 4.69) is 32.4 Å². The Morgan fingerprint density at radius 2 is 2.19 bits per heavy atom. The van der Waals surface area contributed by atoms with Gasteiger partial charge in [-0.15, -0.1) is 11.3 Å². The number of thiophene rings is 1. The van der Waals surface area contributed by atoms with Crippen molar-refractivity contribution in [1.82, 2.24) is 20.2 Å². The standard InChI is InChI=1S/C15H15ClN6O2S2/c1-7-4-8(7)10-5-12(22-21-10)19-14-9(16)6-18-15(20-14)11-2-3-13(25-11)26(17,23)24/h2-3,5-8H,4H2,1H3,(H2,17,23,24)(H2,18,19,20,21,22)/t7-,8-/m1/s1. The third kappa shape index (κ3) is 3.45. The molecule has 0 radical (unpaired) electrons. The summed E-state index contributed by atoms with van der Waals surface area (Å²) in [7, 11) is -3.75. The van der Waals surface area contributed by atoms with Gasteiger partial charge in [-0.3, -0.25) is 5.10 Å². The van der Waals surface area contributed by atoms with Crippen molar-refractivity contribution in [3.8, 4) is 10.7 Å². The number of halogens is 1. The summed E-state index contributed by atoms with van der Waals surface area (Å²) in [5.74, 6) is 2.55. The van der Waals surface area contributed by atoms with Crippen LogP contribution in [0.2, 0.25) is 5.02 Å². The van der Waals surface area contributed by atoms with Gasteiger partial charge in [0, 0.05) is 17.7 Å². The minimum absolute atomic E-state index is 0.0519. The Morgan fingerprint density at radius 3 is 2.85 bits per heavy atom. The smallest absolute Gasteiger partial charge is 0.247 e. The summed E-state index contributed by atoms with van der Waals surface area (Å²) in [6, 6.07) is 4.98. The summed E-state index contributed by atoms with van der Waals surface area (Å²) in [4.78, 5) is 9.12. The van der Waals surface area contributed by atoms with E-state index in [0.29, 0.717) is 39.2 Å². The molecule has 1 fully saturated rings. The SMILES string of the molecule is C[C@@H]1C[C@H]1c1cc(Nc2nc(-c3ccc(S(N)(=O)=O)s3)ncc2Cl)n[nH]1. The Morgan fingerprint density at radius 1 is 1.42 bits per heavy atom. The van der Waals surface area contributed by atoms with E-state index in [1.165, 1.54) is 12.3 Å². The van der Waals surface area contributed by atoms with Crippen LogP contribution in [0.3, 0.4) is 0 Å². The number of sulfonamides is 1. The lowest BCUT2D eigenvalue weighted by atomic mass is 10.2. The number of aromatic nitrogens is 4. The highest BCUT2D eigenvalue weighted by atomic mass is 35.5. The van der Waals surface area contributed by atoms with Crippen LogP contribution in [0.5, 0.6) is 0 Å². The zero-order chi connectivity index (χ0) is 18.5. The first-order chi connectivity index (χ1) is 12.3. The van der Waals surface area contributed by atoms with Gasteiger partial charge in [0.05, 0.1) is 11.1 Å². The number of aromatic amines is 1. The predicted octanol–water partition coefficient (Wildman–Crippen LogP) is 3.10. The molecule has 1 aliphatic carbocycles. The molecule has 3 heterocycles. The fraction of sp³-hybridized carbons (Fsp3) is 0.267. The minimum Gasteiger partial charge on any atom is -0.322 e. The predicted molar refractivity (Wildman–Crippen MR) is 100 cm³/mol. The Labute approximate surface area is 158 Å². The maximum atomic E-state index is 11.4. The van der Waals surface area contributed by atoms with E-state index in [9.17, 15) is 8.42 Å². The number of anilines is 2. The molecule has 0 aliphatic heterocycles. The van der Waals surface area contributed by atoms with Crippen molar-refractivity contribution in [1.29, 1.82) is 0 Å². The van der Waals surface area contributed by atoms with Crippen LogP contribution >= 0.6 is 22.9 Å². The summed E-state index contributed by atoms with van der Waals surface area (Å²) in [6.45, 7) is 2.20. The molecule has 1 aliphatic rings. The first-order valence-electron chi connectivity index (χ1n) is 7.79. The van der Waals surface area contributed by atoms with Crippen molar-refractivity contribution in [2.75, 3.05) is 5.32 Å². The summed E-state index contributed by atoms with van der Waals surface area (Å²) in [6.07, 6.45) is 2.61. The lowest BCUT2D eigenvalue weighted by Crippen LogP contribution is -2.09. The monoisotopic (exact) mass is 410 g/mol. The molecular formula is C15H15ClN6O2S2. The second kappa shape index (κ2) is 6.31. The van der Waals surface area contributed by atoms with Gasteiger partial charge in [0.25, 0.3) is 0 Å². The number of nitrogens with zero attached hydrogens (tertiary/aromatic N) is 3. The van der Waals surface area contributed by atoms with Gasteiger partial charge < -0.3 is 5.32 Å². The molecule has 0 saturated heterocycles. The van der Waals surface area contributed by atoms with Gasteiger partial charge in [0.15, 0.2) is 17.5 Å². The van der Waals surface area contributed by atoms with Crippen LogP contribution in [0, 0.1) is 5.92 Å². The van der Waals surface area contributed by atoms with E-state index < -0.39 is 10.0 Å². The average molecular weight is 411 g/mol. The summed E-state index contributed by atoms with van der Waals surface area (Å²) < 4.78 is 22.9. The topological polar surface area (TPSA) is 127 Å². The lowest BCUT2D eigenvalue weighted by Gasteiger charge is -2.05. The number of nitrogens with one attached hydrogen (secondary N) is 2. The molecule has 0 unspecified atom stereocenters. The number of hydrogen-bond acceptors (Lipinski definition) is 7. The maximum absolute atomic E-state index is 11.4. The van der Waals surface area contributed by atoms with Crippen LogP contribution in [-0.4, -0.2) is 28.6 Å². The number of primary sulfonamides is 1. The second-order valence-corrected chi connectivity index (χ2v) is 9.49. The van der Waals surface area contributed by atoms with Gasteiger partial charge in [-0.25, -0.2) is 23.5 Å².